The van der Waals surface area contributed by atoms with Crippen molar-refractivity contribution in [3.05, 3.63) is 47.3 Å². The summed E-state index contributed by atoms with van der Waals surface area (Å²) in [5, 5.41) is 10.3. The maximum Gasteiger partial charge on any atom is 0.253 e. The highest BCUT2D eigenvalue weighted by Crippen LogP contribution is 2.16. The number of amides is 2. The van der Waals surface area contributed by atoms with E-state index in [2.05, 4.69) is 22.7 Å². The fourth-order valence-electron chi connectivity index (χ4n) is 3.33. The molecule has 1 aliphatic rings. The smallest absolute Gasteiger partial charge is 0.253 e. The van der Waals surface area contributed by atoms with Gasteiger partial charge in [-0.25, -0.2) is 0 Å². The van der Waals surface area contributed by atoms with Gasteiger partial charge in [0.05, 0.1) is 5.69 Å². The zero-order valence-electron chi connectivity index (χ0n) is 16.7. The number of hydrogen-bond acceptors (Lipinski definition) is 4. The molecule has 0 spiro atoms. The lowest BCUT2D eigenvalue weighted by Gasteiger charge is -2.15. The van der Waals surface area contributed by atoms with Crippen LogP contribution in [0, 0.1) is 19.8 Å². The molecule has 0 saturated carbocycles. The van der Waals surface area contributed by atoms with Crippen LogP contribution < -0.4 is 10.6 Å². The number of rotatable bonds is 7. The summed E-state index contributed by atoms with van der Waals surface area (Å²) in [4.78, 5) is 24.7. The van der Waals surface area contributed by atoms with Gasteiger partial charge in [0.1, 0.15) is 6.10 Å². The van der Waals surface area contributed by atoms with Crippen molar-refractivity contribution < 1.29 is 14.3 Å². The van der Waals surface area contributed by atoms with E-state index in [-0.39, 0.29) is 17.7 Å². The van der Waals surface area contributed by atoms with Crippen molar-refractivity contribution in [2.45, 2.75) is 46.3 Å². The number of aromatic nitrogens is 2. The predicted octanol–water partition coefficient (Wildman–Crippen LogP) is 2.68. The maximum absolute atomic E-state index is 12.5. The van der Waals surface area contributed by atoms with Crippen LogP contribution in [0.5, 0.6) is 0 Å². The Hall–Kier alpha value is -2.67. The van der Waals surface area contributed by atoms with Crippen LogP contribution in [-0.2, 0) is 16.1 Å². The number of carbonyl (C=O) groups excluding carboxylic acids is 2. The topological polar surface area (TPSA) is 85.2 Å². The summed E-state index contributed by atoms with van der Waals surface area (Å²) in [6, 6.07) is 9.01. The van der Waals surface area contributed by atoms with Crippen molar-refractivity contribution in [2.24, 2.45) is 5.92 Å². The standard InChI is InChI=1S/C21H28N4O3/c1-14(13-25-16(3)10-15(2)24-25)12-22-20(26)17-6-4-7-18(11-17)23-21(27)19-8-5-9-28-19/h4,6-7,10-11,14,19H,5,8-9,12-13H2,1-3H3,(H,22,26)(H,23,27). The number of carbonyl (C=O) groups is 2. The van der Waals surface area contributed by atoms with Gasteiger partial charge in [0.25, 0.3) is 11.8 Å². The van der Waals surface area contributed by atoms with Crippen LogP contribution in [-0.4, -0.2) is 40.9 Å². The molecule has 7 nitrogen and oxygen atoms in total. The second-order valence-electron chi connectivity index (χ2n) is 7.50. The first-order valence-electron chi connectivity index (χ1n) is 9.74. The highest BCUT2D eigenvalue weighted by atomic mass is 16.5. The number of ether oxygens (including phenoxy) is 1. The van der Waals surface area contributed by atoms with Gasteiger partial charge in [-0.15, -0.1) is 0 Å². The molecule has 0 radical (unpaired) electrons. The third-order valence-corrected chi connectivity index (χ3v) is 4.81. The molecule has 28 heavy (non-hydrogen) atoms. The van der Waals surface area contributed by atoms with Crippen LogP contribution in [0.1, 0.15) is 41.5 Å². The van der Waals surface area contributed by atoms with Gasteiger partial charge in [-0.3, -0.25) is 14.3 Å². The second kappa shape index (κ2) is 9.01. The minimum atomic E-state index is -0.396. The molecule has 1 fully saturated rings. The Morgan fingerprint density at radius 2 is 2.14 bits per heavy atom. The van der Waals surface area contributed by atoms with E-state index in [0.29, 0.717) is 24.4 Å². The van der Waals surface area contributed by atoms with Crippen LogP contribution in [0.15, 0.2) is 30.3 Å². The second-order valence-corrected chi connectivity index (χ2v) is 7.50. The first-order chi connectivity index (χ1) is 13.4. The van der Waals surface area contributed by atoms with Crippen LogP contribution in [0.3, 0.4) is 0 Å². The van der Waals surface area contributed by atoms with Gasteiger partial charge in [0.15, 0.2) is 0 Å². The Morgan fingerprint density at radius 3 is 2.82 bits per heavy atom. The Morgan fingerprint density at radius 1 is 1.32 bits per heavy atom. The average molecular weight is 384 g/mol. The number of aryl methyl sites for hydroxylation is 2. The molecule has 1 aromatic carbocycles. The van der Waals surface area contributed by atoms with Gasteiger partial charge in [0.2, 0.25) is 0 Å². The third kappa shape index (κ3) is 5.19. The molecule has 2 unspecified atom stereocenters. The van der Waals surface area contributed by atoms with Crippen molar-refractivity contribution >= 4 is 17.5 Å². The fraction of sp³-hybridized carbons (Fsp3) is 0.476. The van der Waals surface area contributed by atoms with E-state index in [1.807, 2.05) is 24.6 Å². The van der Waals surface area contributed by atoms with Gasteiger partial charge in [-0.1, -0.05) is 13.0 Å². The molecule has 150 valence electrons. The fourth-order valence-corrected chi connectivity index (χ4v) is 3.33. The van der Waals surface area contributed by atoms with Crippen LogP contribution in [0.4, 0.5) is 5.69 Å². The van der Waals surface area contributed by atoms with E-state index >= 15 is 0 Å². The Kier molecular flexibility index (Phi) is 6.46. The molecule has 2 atom stereocenters. The van der Waals surface area contributed by atoms with E-state index in [9.17, 15) is 9.59 Å². The van der Waals surface area contributed by atoms with Crippen molar-refractivity contribution in [2.75, 3.05) is 18.5 Å². The largest absolute Gasteiger partial charge is 0.368 e. The molecule has 7 heteroatoms. The minimum Gasteiger partial charge on any atom is -0.368 e. The van der Waals surface area contributed by atoms with E-state index in [0.717, 1.165) is 30.8 Å². The van der Waals surface area contributed by atoms with Crippen LogP contribution in [0.25, 0.3) is 0 Å². The summed E-state index contributed by atoms with van der Waals surface area (Å²) in [6.45, 7) is 7.99. The van der Waals surface area contributed by atoms with E-state index in [1.54, 1.807) is 24.3 Å². The van der Waals surface area contributed by atoms with Gasteiger partial charge in [-0.2, -0.15) is 5.10 Å². The SMILES string of the molecule is Cc1cc(C)n(CC(C)CNC(=O)c2cccc(NC(=O)C3CCCO3)c2)n1. The molecule has 3 rings (SSSR count). The molecular weight excluding hydrogens is 356 g/mol. The molecule has 2 amide bonds. The lowest BCUT2D eigenvalue weighted by molar-refractivity contribution is -0.124. The Balaban J connectivity index is 1.52. The first-order valence-corrected chi connectivity index (χ1v) is 9.74. The summed E-state index contributed by atoms with van der Waals surface area (Å²) >= 11 is 0. The van der Waals surface area contributed by atoms with Crippen molar-refractivity contribution in [1.82, 2.24) is 15.1 Å². The molecule has 1 saturated heterocycles. The zero-order chi connectivity index (χ0) is 20.1. The summed E-state index contributed by atoms with van der Waals surface area (Å²) < 4.78 is 7.36. The zero-order valence-corrected chi connectivity index (χ0v) is 16.7. The number of hydrogen-bond donors (Lipinski definition) is 2. The van der Waals surface area contributed by atoms with Crippen LogP contribution >= 0.6 is 0 Å². The molecule has 2 heterocycles. The lowest BCUT2D eigenvalue weighted by atomic mass is 10.1. The molecule has 0 aliphatic carbocycles. The molecule has 1 aromatic heterocycles. The van der Waals surface area contributed by atoms with E-state index in [4.69, 9.17) is 4.74 Å². The van der Waals surface area contributed by atoms with Gasteiger partial charge in [-0.05, 0) is 56.9 Å². The summed E-state index contributed by atoms with van der Waals surface area (Å²) in [5.74, 6) is -0.0775. The average Bonchev–Trinajstić information content (AvgIpc) is 3.30. The molecule has 0 bridgehead atoms. The maximum atomic E-state index is 12.5. The monoisotopic (exact) mass is 384 g/mol. The summed E-state index contributed by atoms with van der Waals surface area (Å²) in [7, 11) is 0. The third-order valence-electron chi connectivity index (χ3n) is 4.81. The Labute approximate surface area is 165 Å². The summed E-state index contributed by atoms with van der Waals surface area (Å²) in [6.07, 6.45) is 1.24. The molecular formula is C21H28N4O3. The van der Waals surface area contributed by atoms with Crippen molar-refractivity contribution in [1.29, 1.82) is 0 Å². The first kappa shape index (κ1) is 20.1. The molecule has 2 N–H and O–H groups in total. The summed E-state index contributed by atoms with van der Waals surface area (Å²) in [5.41, 5.74) is 3.23. The minimum absolute atomic E-state index is 0.159. The number of nitrogens with one attached hydrogen (secondary N) is 2. The van der Waals surface area contributed by atoms with Gasteiger partial charge >= 0.3 is 0 Å². The molecule has 2 aromatic rings. The van der Waals surface area contributed by atoms with E-state index in [1.165, 1.54) is 0 Å². The van der Waals surface area contributed by atoms with E-state index < -0.39 is 6.10 Å². The lowest BCUT2D eigenvalue weighted by Crippen LogP contribution is -2.30. The quantitative estimate of drug-likeness (QED) is 0.769. The predicted molar refractivity (Wildman–Crippen MR) is 107 cm³/mol. The van der Waals surface area contributed by atoms with Gasteiger partial charge < -0.3 is 15.4 Å². The number of benzene rings is 1. The normalized spacial score (nSPS) is 17.3. The highest BCUT2D eigenvalue weighted by Gasteiger charge is 2.23. The number of anilines is 1. The molecule has 1 aliphatic heterocycles. The van der Waals surface area contributed by atoms with Gasteiger partial charge in [0, 0.05) is 36.6 Å². The van der Waals surface area contributed by atoms with Crippen molar-refractivity contribution in [3.8, 4) is 0 Å². The Bertz CT molecular complexity index is 840. The van der Waals surface area contributed by atoms with Crippen molar-refractivity contribution in [3.63, 3.8) is 0 Å². The highest BCUT2D eigenvalue weighted by molar-refractivity contribution is 5.98. The number of nitrogens with zero attached hydrogens (tertiary/aromatic N) is 2. The van der Waals surface area contributed by atoms with Crippen LogP contribution in [0.2, 0.25) is 0 Å².